The highest BCUT2D eigenvalue weighted by molar-refractivity contribution is 5.62. The number of aliphatic carboxylic acids is 1. The van der Waals surface area contributed by atoms with Crippen LogP contribution in [0.25, 0.3) is 0 Å². The lowest BCUT2D eigenvalue weighted by molar-refractivity contribution is -0.134. The van der Waals surface area contributed by atoms with Crippen molar-refractivity contribution in [3.05, 3.63) is 0 Å². The van der Waals surface area contributed by atoms with E-state index in [1.807, 2.05) is 0 Å². The Labute approximate surface area is 144 Å². The first kappa shape index (κ1) is 22.4. The van der Waals surface area contributed by atoms with Gasteiger partial charge in [-0.25, -0.2) is 0 Å². The molecule has 1 N–H and O–H groups in total. The molecule has 0 aromatic rings. The quantitative estimate of drug-likeness (QED) is 0.465. The van der Waals surface area contributed by atoms with E-state index in [1.54, 1.807) is 0 Å². The van der Waals surface area contributed by atoms with Crippen molar-refractivity contribution in [1.29, 1.82) is 0 Å². The van der Waals surface area contributed by atoms with Gasteiger partial charge in [0.15, 0.2) is 0 Å². The molecule has 138 valence electrons. The molecule has 1 aliphatic heterocycles. The van der Waals surface area contributed by atoms with Crippen LogP contribution in [0.3, 0.4) is 0 Å². The highest BCUT2D eigenvalue weighted by atomic mass is 16.4. The predicted molar refractivity (Wildman–Crippen MR) is 100.0 cm³/mol. The zero-order chi connectivity index (χ0) is 17.3. The lowest BCUT2D eigenvalue weighted by Crippen LogP contribution is -2.21. The van der Waals surface area contributed by atoms with Crippen LogP contribution >= 0.6 is 0 Å². The molecule has 1 aliphatic rings. The van der Waals surface area contributed by atoms with Gasteiger partial charge in [-0.15, -0.1) is 0 Å². The third kappa shape index (κ3) is 16.1. The first-order valence-corrected chi connectivity index (χ1v) is 10.0. The molecule has 0 saturated carbocycles. The van der Waals surface area contributed by atoms with Gasteiger partial charge in [-0.2, -0.15) is 0 Å². The second-order valence-electron chi connectivity index (χ2n) is 7.09. The second kappa shape index (κ2) is 16.3. The Morgan fingerprint density at radius 3 is 2.00 bits per heavy atom. The van der Waals surface area contributed by atoms with Gasteiger partial charge in [0.1, 0.15) is 0 Å². The Hall–Kier alpha value is -0.570. The summed E-state index contributed by atoms with van der Waals surface area (Å²) in [7, 11) is 0. The van der Waals surface area contributed by atoms with Gasteiger partial charge < -0.3 is 10.0 Å². The number of carbonyl (C=O) groups is 1. The normalized spacial score (nSPS) is 17.8. The average Bonchev–Trinajstić information content (AvgIpc) is 2.93. The maximum absolute atomic E-state index is 9.00. The van der Waals surface area contributed by atoms with Gasteiger partial charge >= 0.3 is 0 Å². The minimum Gasteiger partial charge on any atom is -0.481 e. The number of rotatable bonds is 12. The van der Waals surface area contributed by atoms with Gasteiger partial charge in [0.25, 0.3) is 5.97 Å². The SMILES string of the molecule is CC(=O)O.CCCCCCCCCCCN1CCC(CCC)C1. The minimum absolute atomic E-state index is 0.833. The third-order valence-corrected chi connectivity index (χ3v) is 4.64. The van der Waals surface area contributed by atoms with E-state index in [-0.39, 0.29) is 0 Å². The molecule has 0 radical (unpaired) electrons. The van der Waals surface area contributed by atoms with Crippen LogP contribution in [0.1, 0.15) is 97.8 Å². The molecule has 0 bridgehead atoms. The van der Waals surface area contributed by atoms with Crippen molar-refractivity contribution in [2.75, 3.05) is 19.6 Å². The van der Waals surface area contributed by atoms with Crippen LogP contribution in [-0.2, 0) is 4.79 Å². The molecule has 1 heterocycles. The largest absolute Gasteiger partial charge is 0.481 e. The molecular weight excluding hydrogens is 286 g/mol. The van der Waals surface area contributed by atoms with E-state index in [2.05, 4.69) is 18.7 Å². The molecule has 0 spiro atoms. The molecular formula is C20H41NO2. The lowest BCUT2D eigenvalue weighted by Gasteiger charge is -2.15. The van der Waals surface area contributed by atoms with Crippen LogP contribution in [0.2, 0.25) is 0 Å². The van der Waals surface area contributed by atoms with E-state index < -0.39 is 5.97 Å². The van der Waals surface area contributed by atoms with Crippen LogP contribution in [0, 0.1) is 5.92 Å². The lowest BCUT2D eigenvalue weighted by atomic mass is 10.0. The van der Waals surface area contributed by atoms with Gasteiger partial charge in [-0.1, -0.05) is 71.6 Å². The number of carboxylic acid groups (broad SMARTS) is 1. The van der Waals surface area contributed by atoms with Crippen molar-refractivity contribution in [3.63, 3.8) is 0 Å². The number of likely N-dealkylation sites (tertiary alicyclic amines) is 1. The fourth-order valence-corrected chi connectivity index (χ4v) is 3.41. The molecule has 1 unspecified atom stereocenters. The predicted octanol–water partition coefficient (Wildman–Crippen LogP) is 5.73. The fraction of sp³-hybridized carbons (Fsp3) is 0.950. The Balaban J connectivity index is 0.00000108. The molecule has 23 heavy (non-hydrogen) atoms. The van der Waals surface area contributed by atoms with Gasteiger partial charge in [-0.05, 0) is 38.3 Å². The van der Waals surface area contributed by atoms with E-state index in [4.69, 9.17) is 9.90 Å². The zero-order valence-electron chi connectivity index (χ0n) is 16.0. The summed E-state index contributed by atoms with van der Waals surface area (Å²) >= 11 is 0. The summed E-state index contributed by atoms with van der Waals surface area (Å²) in [6.07, 6.45) is 17.3. The standard InChI is InChI=1S/C18H37N.C2H4O2/c1-3-5-6-7-8-9-10-11-12-15-19-16-14-18(17-19)13-4-2;1-2(3)4/h18H,3-17H2,1-2H3;1H3,(H,3,4). The first-order chi connectivity index (χ1) is 11.1. The Morgan fingerprint density at radius 1 is 0.957 bits per heavy atom. The molecule has 3 nitrogen and oxygen atoms in total. The van der Waals surface area contributed by atoms with Gasteiger partial charge in [-0.3, -0.25) is 4.79 Å². The maximum atomic E-state index is 9.00. The molecule has 1 fully saturated rings. The minimum atomic E-state index is -0.833. The van der Waals surface area contributed by atoms with E-state index in [9.17, 15) is 0 Å². The van der Waals surface area contributed by atoms with Gasteiger partial charge in [0, 0.05) is 13.5 Å². The highest BCUT2D eigenvalue weighted by Gasteiger charge is 2.20. The summed E-state index contributed by atoms with van der Waals surface area (Å²) in [6, 6.07) is 0. The monoisotopic (exact) mass is 327 g/mol. The number of hydrogen-bond donors (Lipinski definition) is 1. The summed E-state index contributed by atoms with van der Waals surface area (Å²) in [5.74, 6) is 0.184. The summed E-state index contributed by atoms with van der Waals surface area (Å²) in [4.78, 5) is 11.7. The molecule has 0 aliphatic carbocycles. The van der Waals surface area contributed by atoms with Gasteiger partial charge in [0.05, 0.1) is 0 Å². The summed E-state index contributed by atoms with van der Waals surface area (Å²) < 4.78 is 0. The Bertz CT molecular complexity index is 264. The Morgan fingerprint density at radius 2 is 1.48 bits per heavy atom. The Kier molecular flexibility index (Phi) is 15.9. The van der Waals surface area contributed by atoms with Crippen LogP contribution in [0.15, 0.2) is 0 Å². The second-order valence-corrected chi connectivity index (χ2v) is 7.09. The smallest absolute Gasteiger partial charge is 0.300 e. The summed E-state index contributed by atoms with van der Waals surface area (Å²) in [5, 5.41) is 7.42. The number of unbranched alkanes of at least 4 members (excludes halogenated alkanes) is 8. The first-order valence-electron chi connectivity index (χ1n) is 10.0. The molecule has 0 aromatic heterocycles. The number of nitrogens with zero attached hydrogens (tertiary/aromatic N) is 1. The average molecular weight is 328 g/mol. The van der Waals surface area contributed by atoms with Crippen LogP contribution in [0.5, 0.6) is 0 Å². The molecule has 0 aromatic carbocycles. The van der Waals surface area contributed by atoms with Crippen molar-refractivity contribution < 1.29 is 9.90 Å². The van der Waals surface area contributed by atoms with Crippen LogP contribution in [-0.4, -0.2) is 35.6 Å². The van der Waals surface area contributed by atoms with Crippen molar-refractivity contribution in [2.24, 2.45) is 5.92 Å². The van der Waals surface area contributed by atoms with Crippen molar-refractivity contribution in [2.45, 2.75) is 97.8 Å². The van der Waals surface area contributed by atoms with Crippen LogP contribution in [0.4, 0.5) is 0 Å². The summed E-state index contributed by atoms with van der Waals surface area (Å²) in [5.41, 5.74) is 0. The zero-order valence-corrected chi connectivity index (χ0v) is 16.0. The van der Waals surface area contributed by atoms with E-state index >= 15 is 0 Å². The topological polar surface area (TPSA) is 40.5 Å². The molecule has 3 heteroatoms. The molecule has 0 amide bonds. The number of carboxylic acids is 1. The van der Waals surface area contributed by atoms with Crippen molar-refractivity contribution in [3.8, 4) is 0 Å². The molecule has 1 rings (SSSR count). The van der Waals surface area contributed by atoms with Crippen molar-refractivity contribution >= 4 is 5.97 Å². The van der Waals surface area contributed by atoms with E-state index in [1.165, 1.54) is 96.7 Å². The highest BCUT2D eigenvalue weighted by Crippen LogP contribution is 2.21. The third-order valence-electron chi connectivity index (χ3n) is 4.64. The van der Waals surface area contributed by atoms with Crippen LogP contribution < -0.4 is 0 Å². The summed E-state index contributed by atoms with van der Waals surface area (Å²) in [6.45, 7) is 9.84. The molecule has 1 atom stereocenters. The maximum Gasteiger partial charge on any atom is 0.300 e. The van der Waals surface area contributed by atoms with Crippen molar-refractivity contribution in [1.82, 2.24) is 4.90 Å². The molecule has 1 saturated heterocycles. The number of hydrogen-bond acceptors (Lipinski definition) is 2. The van der Waals surface area contributed by atoms with E-state index in [0.29, 0.717) is 0 Å². The van der Waals surface area contributed by atoms with Gasteiger partial charge in [0.2, 0.25) is 0 Å². The fourth-order valence-electron chi connectivity index (χ4n) is 3.41. The van der Waals surface area contributed by atoms with E-state index in [0.717, 1.165) is 12.8 Å².